The van der Waals surface area contributed by atoms with Gasteiger partial charge in [0.25, 0.3) is 5.91 Å². The number of carbonyl (C=O) groups is 1. The van der Waals surface area contributed by atoms with Crippen molar-refractivity contribution in [2.75, 3.05) is 13.2 Å². The maximum atomic E-state index is 13.1. The molecule has 1 saturated heterocycles. The lowest BCUT2D eigenvalue weighted by atomic mass is 9.82. The zero-order valence-electron chi connectivity index (χ0n) is 17.0. The predicted octanol–water partition coefficient (Wildman–Crippen LogP) is 3.80. The Bertz CT molecular complexity index is 917. The molecule has 29 heavy (non-hydrogen) atoms. The number of rotatable bonds is 2. The zero-order chi connectivity index (χ0) is 20.0. The first-order valence-corrected chi connectivity index (χ1v) is 10.5. The summed E-state index contributed by atoms with van der Waals surface area (Å²) < 4.78 is 18.0. The van der Waals surface area contributed by atoms with E-state index in [1.165, 1.54) is 11.1 Å². The first-order chi connectivity index (χ1) is 14.0. The van der Waals surface area contributed by atoms with Gasteiger partial charge in [-0.2, -0.15) is 0 Å². The minimum Gasteiger partial charge on any atom is -0.487 e. The molecule has 2 aromatic rings. The number of fused-ring (bicyclic) bond motifs is 2. The molecule has 0 radical (unpaired) electrons. The molecule has 5 nitrogen and oxygen atoms in total. The monoisotopic (exact) mass is 393 g/mol. The molecule has 0 saturated carbocycles. The van der Waals surface area contributed by atoms with Crippen LogP contribution in [0.1, 0.15) is 47.6 Å². The van der Waals surface area contributed by atoms with Crippen LogP contribution in [0.5, 0.6) is 11.5 Å². The molecule has 3 aliphatic rings. The second-order valence-corrected chi connectivity index (χ2v) is 8.56. The molecule has 1 fully saturated rings. The molecule has 5 rings (SSSR count). The molecule has 152 valence electrons. The Kier molecular flexibility index (Phi) is 4.50. The van der Waals surface area contributed by atoms with Crippen molar-refractivity contribution in [2.45, 2.75) is 57.3 Å². The van der Waals surface area contributed by atoms with E-state index in [4.69, 9.17) is 14.2 Å². The molecular weight excluding hydrogens is 366 g/mol. The third-order valence-corrected chi connectivity index (χ3v) is 6.56. The maximum Gasteiger partial charge on any atom is 0.261 e. The molecule has 2 aromatic carbocycles. The van der Waals surface area contributed by atoms with Gasteiger partial charge in [-0.15, -0.1) is 0 Å². The number of carbonyl (C=O) groups excluding carboxylic acids is 1. The number of ether oxygens (including phenoxy) is 3. The van der Waals surface area contributed by atoms with Gasteiger partial charge in [0.2, 0.25) is 0 Å². The smallest absolute Gasteiger partial charge is 0.261 e. The van der Waals surface area contributed by atoms with Gasteiger partial charge < -0.3 is 19.5 Å². The first kappa shape index (κ1) is 18.5. The van der Waals surface area contributed by atoms with Gasteiger partial charge in [0.05, 0.1) is 19.3 Å². The van der Waals surface area contributed by atoms with Gasteiger partial charge in [0.15, 0.2) is 6.10 Å². The number of hydrogen-bond acceptors (Lipinski definition) is 4. The lowest BCUT2D eigenvalue weighted by Crippen LogP contribution is -2.50. The Labute approximate surface area is 171 Å². The molecule has 2 atom stereocenters. The number of benzene rings is 2. The molecule has 1 N–H and O–H groups in total. The van der Waals surface area contributed by atoms with Crippen molar-refractivity contribution in [3.63, 3.8) is 0 Å². The highest BCUT2D eigenvalue weighted by molar-refractivity contribution is 5.83. The van der Waals surface area contributed by atoms with Crippen LogP contribution in [0.15, 0.2) is 36.4 Å². The topological polar surface area (TPSA) is 56.8 Å². The predicted molar refractivity (Wildman–Crippen MR) is 109 cm³/mol. The van der Waals surface area contributed by atoms with Gasteiger partial charge in [-0.3, -0.25) is 4.79 Å². The quantitative estimate of drug-likeness (QED) is 0.843. The largest absolute Gasteiger partial charge is 0.487 e. The normalized spacial score (nSPS) is 24.2. The Morgan fingerprint density at radius 2 is 1.83 bits per heavy atom. The molecule has 2 unspecified atom stereocenters. The molecule has 5 heteroatoms. The summed E-state index contributed by atoms with van der Waals surface area (Å²) >= 11 is 0. The van der Waals surface area contributed by atoms with E-state index in [0.29, 0.717) is 19.6 Å². The van der Waals surface area contributed by atoms with Crippen LogP contribution < -0.4 is 14.8 Å². The van der Waals surface area contributed by atoms with Crippen LogP contribution in [0, 0.1) is 13.8 Å². The van der Waals surface area contributed by atoms with E-state index in [1.807, 2.05) is 30.3 Å². The molecular formula is C24H27NO4. The molecule has 1 amide bonds. The summed E-state index contributed by atoms with van der Waals surface area (Å²) in [5, 5.41) is 3.27. The molecule has 3 heterocycles. The van der Waals surface area contributed by atoms with E-state index in [9.17, 15) is 4.79 Å². The van der Waals surface area contributed by atoms with Crippen LogP contribution in [0.3, 0.4) is 0 Å². The fraction of sp³-hybridized carbons (Fsp3) is 0.458. The van der Waals surface area contributed by atoms with E-state index in [0.717, 1.165) is 41.9 Å². The van der Waals surface area contributed by atoms with Crippen LogP contribution in [-0.2, 0) is 16.0 Å². The highest BCUT2D eigenvalue weighted by atomic mass is 16.5. The van der Waals surface area contributed by atoms with E-state index in [1.54, 1.807) is 0 Å². The lowest BCUT2D eigenvalue weighted by Gasteiger charge is -2.44. The summed E-state index contributed by atoms with van der Waals surface area (Å²) in [7, 11) is 0. The van der Waals surface area contributed by atoms with Crippen molar-refractivity contribution >= 4 is 5.91 Å². The zero-order valence-corrected chi connectivity index (χ0v) is 17.0. The Hall–Kier alpha value is -2.53. The fourth-order valence-electron chi connectivity index (χ4n) is 4.72. The van der Waals surface area contributed by atoms with E-state index < -0.39 is 6.10 Å². The van der Waals surface area contributed by atoms with Gasteiger partial charge in [-0.1, -0.05) is 24.3 Å². The van der Waals surface area contributed by atoms with Crippen LogP contribution in [-0.4, -0.2) is 30.8 Å². The van der Waals surface area contributed by atoms with Crippen LogP contribution in [0.2, 0.25) is 0 Å². The molecule has 0 aromatic heterocycles. The van der Waals surface area contributed by atoms with Gasteiger partial charge in [0.1, 0.15) is 17.1 Å². The fourth-order valence-corrected chi connectivity index (χ4v) is 4.72. The van der Waals surface area contributed by atoms with Crippen LogP contribution >= 0.6 is 0 Å². The summed E-state index contributed by atoms with van der Waals surface area (Å²) in [4.78, 5) is 13.1. The van der Waals surface area contributed by atoms with Crippen molar-refractivity contribution < 1.29 is 19.0 Å². The standard InChI is InChI=1S/C24H27NO4/c1-15-11-17-13-22(28-21(17)12-16(15)2)23(26)25-19-14-24(7-9-27-10-8-24)29-20-6-4-3-5-18(19)20/h3-6,11-12,19,22H,7-10,13-14H2,1-2H3,(H,25,26). The van der Waals surface area contributed by atoms with Crippen LogP contribution in [0.4, 0.5) is 0 Å². The number of amides is 1. The van der Waals surface area contributed by atoms with Crippen molar-refractivity contribution in [3.8, 4) is 11.5 Å². The van der Waals surface area contributed by atoms with Gasteiger partial charge in [-0.25, -0.2) is 0 Å². The number of para-hydroxylation sites is 1. The minimum absolute atomic E-state index is 0.0552. The SMILES string of the molecule is Cc1cc2c(cc1C)OC(C(=O)NC1CC3(CCOCC3)Oc3ccccc31)C2. The highest BCUT2D eigenvalue weighted by Gasteiger charge is 2.43. The van der Waals surface area contributed by atoms with Crippen molar-refractivity contribution in [1.29, 1.82) is 0 Å². The summed E-state index contributed by atoms with van der Waals surface area (Å²) in [5.41, 5.74) is 4.30. The second-order valence-electron chi connectivity index (χ2n) is 8.56. The van der Waals surface area contributed by atoms with E-state index >= 15 is 0 Å². The van der Waals surface area contributed by atoms with Gasteiger partial charge >= 0.3 is 0 Å². The summed E-state index contributed by atoms with van der Waals surface area (Å²) in [6, 6.07) is 12.1. The second kappa shape index (κ2) is 7.06. The summed E-state index contributed by atoms with van der Waals surface area (Å²) in [5.74, 6) is 1.65. The van der Waals surface area contributed by atoms with Crippen LogP contribution in [0.25, 0.3) is 0 Å². The average Bonchev–Trinajstić information content (AvgIpc) is 3.12. The van der Waals surface area contributed by atoms with E-state index in [-0.39, 0.29) is 17.6 Å². The molecule has 0 bridgehead atoms. The van der Waals surface area contributed by atoms with Crippen molar-refractivity contribution in [2.24, 2.45) is 0 Å². The van der Waals surface area contributed by atoms with Gasteiger partial charge in [-0.05, 0) is 42.7 Å². The molecule has 1 spiro atoms. The summed E-state index contributed by atoms with van der Waals surface area (Å²) in [6.45, 7) is 5.55. The lowest BCUT2D eigenvalue weighted by molar-refractivity contribution is -0.129. The Morgan fingerprint density at radius 3 is 2.66 bits per heavy atom. The first-order valence-electron chi connectivity index (χ1n) is 10.5. The number of aryl methyl sites for hydroxylation is 2. The van der Waals surface area contributed by atoms with Crippen molar-refractivity contribution in [1.82, 2.24) is 5.32 Å². The Balaban J connectivity index is 1.36. The third-order valence-electron chi connectivity index (χ3n) is 6.56. The average molecular weight is 393 g/mol. The minimum atomic E-state index is -0.480. The van der Waals surface area contributed by atoms with Crippen molar-refractivity contribution in [3.05, 3.63) is 58.7 Å². The maximum absolute atomic E-state index is 13.1. The Morgan fingerprint density at radius 1 is 1.07 bits per heavy atom. The number of hydrogen-bond donors (Lipinski definition) is 1. The summed E-state index contributed by atoms with van der Waals surface area (Å²) in [6.07, 6.45) is 2.59. The van der Waals surface area contributed by atoms with E-state index in [2.05, 4.69) is 25.2 Å². The van der Waals surface area contributed by atoms with Gasteiger partial charge in [0, 0.05) is 31.2 Å². The third kappa shape index (κ3) is 3.38. The molecule has 3 aliphatic heterocycles. The highest BCUT2D eigenvalue weighted by Crippen LogP contribution is 2.44. The molecule has 0 aliphatic carbocycles. The number of nitrogens with one attached hydrogen (secondary N) is 1.